The summed E-state index contributed by atoms with van der Waals surface area (Å²) in [5, 5.41) is 0. The highest BCUT2D eigenvalue weighted by Crippen LogP contribution is 2.29. The summed E-state index contributed by atoms with van der Waals surface area (Å²) in [4.78, 5) is 29.4. The highest BCUT2D eigenvalue weighted by Gasteiger charge is 2.31. The van der Waals surface area contributed by atoms with Crippen molar-refractivity contribution in [1.29, 1.82) is 0 Å². The van der Waals surface area contributed by atoms with E-state index in [4.69, 9.17) is 0 Å². The molecule has 1 saturated heterocycles. The van der Waals surface area contributed by atoms with E-state index in [0.29, 0.717) is 23.7 Å². The number of nitrogens with zero attached hydrogens (tertiary/aromatic N) is 2. The third kappa shape index (κ3) is 5.21. The standard InChI is InChI=1S/C21H36N2O2/c1-17-16-22(20(24)14-18-8-4-2-5-9-18)12-13-23(17)21(25)15-19-10-6-3-7-11-19/h17-19H,2-16H2,1H3/t17-/m0/s1. The topological polar surface area (TPSA) is 40.6 Å². The van der Waals surface area contributed by atoms with Crippen LogP contribution in [0.2, 0.25) is 0 Å². The lowest BCUT2D eigenvalue weighted by Gasteiger charge is -2.41. The number of carbonyl (C=O) groups is 2. The molecule has 0 spiro atoms. The average Bonchev–Trinajstić information content (AvgIpc) is 2.63. The van der Waals surface area contributed by atoms with E-state index in [1.165, 1.54) is 64.2 Å². The van der Waals surface area contributed by atoms with Gasteiger partial charge in [-0.3, -0.25) is 9.59 Å². The van der Waals surface area contributed by atoms with Crippen LogP contribution in [-0.4, -0.2) is 47.3 Å². The van der Waals surface area contributed by atoms with E-state index >= 15 is 0 Å². The molecule has 2 aliphatic carbocycles. The predicted molar refractivity (Wildman–Crippen MR) is 100 cm³/mol. The van der Waals surface area contributed by atoms with Gasteiger partial charge in [-0.1, -0.05) is 38.5 Å². The highest BCUT2D eigenvalue weighted by molar-refractivity contribution is 5.79. The Labute approximate surface area is 153 Å². The zero-order valence-electron chi connectivity index (χ0n) is 16.0. The molecule has 0 unspecified atom stereocenters. The van der Waals surface area contributed by atoms with Crippen molar-refractivity contribution in [2.45, 2.75) is 90.0 Å². The summed E-state index contributed by atoms with van der Waals surface area (Å²) in [5.41, 5.74) is 0. The van der Waals surface area contributed by atoms with Crippen LogP contribution in [0, 0.1) is 11.8 Å². The molecular weight excluding hydrogens is 312 g/mol. The number of carbonyl (C=O) groups excluding carboxylic acids is 2. The van der Waals surface area contributed by atoms with Gasteiger partial charge in [-0.15, -0.1) is 0 Å². The van der Waals surface area contributed by atoms with Gasteiger partial charge >= 0.3 is 0 Å². The molecule has 0 radical (unpaired) electrons. The van der Waals surface area contributed by atoms with E-state index in [1.807, 2.05) is 9.80 Å². The van der Waals surface area contributed by atoms with Crippen molar-refractivity contribution in [1.82, 2.24) is 9.80 Å². The van der Waals surface area contributed by atoms with Gasteiger partial charge in [0.15, 0.2) is 0 Å². The summed E-state index contributed by atoms with van der Waals surface area (Å²) < 4.78 is 0. The fraction of sp³-hybridized carbons (Fsp3) is 0.905. The van der Waals surface area contributed by atoms with Crippen molar-refractivity contribution >= 4 is 11.8 Å². The molecule has 25 heavy (non-hydrogen) atoms. The minimum absolute atomic E-state index is 0.167. The fourth-order valence-corrected chi connectivity index (χ4v) is 5.08. The third-order valence-corrected chi connectivity index (χ3v) is 6.68. The van der Waals surface area contributed by atoms with Crippen molar-refractivity contribution in [3.05, 3.63) is 0 Å². The van der Waals surface area contributed by atoms with Crippen LogP contribution in [-0.2, 0) is 9.59 Å². The Morgan fingerprint density at radius 3 is 1.80 bits per heavy atom. The molecule has 0 aromatic rings. The zero-order chi connectivity index (χ0) is 17.6. The van der Waals surface area contributed by atoms with E-state index in [1.54, 1.807) is 0 Å². The molecular formula is C21H36N2O2. The van der Waals surface area contributed by atoms with Gasteiger partial charge in [0.2, 0.25) is 11.8 Å². The molecule has 3 fully saturated rings. The Bertz CT molecular complexity index is 453. The van der Waals surface area contributed by atoms with E-state index < -0.39 is 0 Å². The maximum absolute atomic E-state index is 12.7. The largest absolute Gasteiger partial charge is 0.339 e. The number of amides is 2. The Balaban J connectivity index is 1.44. The number of hydrogen-bond acceptors (Lipinski definition) is 2. The van der Waals surface area contributed by atoms with Crippen molar-refractivity contribution in [3.63, 3.8) is 0 Å². The molecule has 4 heteroatoms. The third-order valence-electron chi connectivity index (χ3n) is 6.68. The van der Waals surface area contributed by atoms with Gasteiger partial charge in [-0.25, -0.2) is 0 Å². The second-order valence-corrected chi connectivity index (χ2v) is 8.69. The average molecular weight is 349 g/mol. The Kier molecular flexibility index (Phi) is 6.77. The van der Waals surface area contributed by atoms with E-state index in [-0.39, 0.29) is 6.04 Å². The minimum atomic E-state index is 0.167. The summed E-state index contributed by atoms with van der Waals surface area (Å²) >= 11 is 0. The zero-order valence-corrected chi connectivity index (χ0v) is 16.0. The van der Waals surface area contributed by atoms with Crippen molar-refractivity contribution < 1.29 is 9.59 Å². The first kappa shape index (κ1) is 18.7. The van der Waals surface area contributed by atoms with Crippen LogP contribution in [0.3, 0.4) is 0 Å². The van der Waals surface area contributed by atoms with Crippen LogP contribution in [0.1, 0.15) is 84.0 Å². The Morgan fingerprint density at radius 1 is 0.760 bits per heavy atom. The van der Waals surface area contributed by atoms with Crippen LogP contribution in [0.15, 0.2) is 0 Å². The maximum Gasteiger partial charge on any atom is 0.223 e. The molecule has 0 aromatic carbocycles. The predicted octanol–water partition coefficient (Wildman–Crippen LogP) is 3.99. The lowest BCUT2D eigenvalue weighted by molar-refractivity contribution is -0.143. The van der Waals surface area contributed by atoms with Gasteiger partial charge in [0, 0.05) is 38.5 Å². The van der Waals surface area contributed by atoms with Gasteiger partial charge < -0.3 is 9.80 Å². The van der Waals surface area contributed by atoms with Crippen LogP contribution in [0.5, 0.6) is 0 Å². The smallest absolute Gasteiger partial charge is 0.223 e. The van der Waals surface area contributed by atoms with E-state index in [2.05, 4.69) is 6.92 Å². The molecule has 3 rings (SSSR count). The lowest BCUT2D eigenvalue weighted by atomic mass is 9.86. The maximum atomic E-state index is 12.7. The minimum Gasteiger partial charge on any atom is -0.339 e. The monoisotopic (exact) mass is 348 g/mol. The van der Waals surface area contributed by atoms with Gasteiger partial charge in [0.05, 0.1) is 0 Å². The van der Waals surface area contributed by atoms with Crippen molar-refractivity contribution in [2.24, 2.45) is 11.8 Å². The van der Waals surface area contributed by atoms with Crippen LogP contribution >= 0.6 is 0 Å². The second-order valence-electron chi connectivity index (χ2n) is 8.69. The summed E-state index contributed by atoms with van der Waals surface area (Å²) in [5.74, 6) is 1.83. The van der Waals surface area contributed by atoms with Crippen LogP contribution in [0.25, 0.3) is 0 Å². The molecule has 3 aliphatic rings. The molecule has 0 N–H and O–H groups in total. The Hall–Kier alpha value is -1.06. The quantitative estimate of drug-likeness (QED) is 0.771. The van der Waals surface area contributed by atoms with Gasteiger partial charge in [-0.2, -0.15) is 0 Å². The summed E-state index contributed by atoms with van der Waals surface area (Å²) in [7, 11) is 0. The fourth-order valence-electron chi connectivity index (χ4n) is 5.08. The molecule has 2 saturated carbocycles. The van der Waals surface area contributed by atoms with Crippen LogP contribution < -0.4 is 0 Å². The first-order valence-electron chi connectivity index (χ1n) is 10.7. The number of hydrogen-bond donors (Lipinski definition) is 0. The molecule has 1 aliphatic heterocycles. The van der Waals surface area contributed by atoms with Gasteiger partial charge in [-0.05, 0) is 44.4 Å². The molecule has 2 amide bonds. The second kappa shape index (κ2) is 9.05. The Morgan fingerprint density at radius 2 is 1.28 bits per heavy atom. The molecule has 142 valence electrons. The van der Waals surface area contributed by atoms with Crippen molar-refractivity contribution in [2.75, 3.05) is 19.6 Å². The summed E-state index contributed by atoms with van der Waals surface area (Å²) in [6.07, 6.45) is 14.2. The number of piperazine rings is 1. The SMILES string of the molecule is C[C@H]1CN(C(=O)CC2CCCCC2)CCN1C(=O)CC1CCCCC1. The molecule has 4 nitrogen and oxygen atoms in total. The van der Waals surface area contributed by atoms with Crippen LogP contribution in [0.4, 0.5) is 0 Å². The van der Waals surface area contributed by atoms with Crippen molar-refractivity contribution in [3.8, 4) is 0 Å². The molecule has 0 bridgehead atoms. The number of rotatable bonds is 4. The normalized spacial score (nSPS) is 26.7. The molecule has 1 heterocycles. The van der Waals surface area contributed by atoms with E-state index in [9.17, 15) is 9.59 Å². The highest BCUT2D eigenvalue weighted by atomic mass is 16.2. The van der Waals surface area contributed by atoms with E-state index in [0.717, 1.165) is 32.5 Å². The summed E-state index contributed by atoms with van der Waals surface area (Å²) in [6, 6.07) is 0.167. The molecule has 0 aromatic heterocycles. The lowest BCUT2D eigenvalue weighted by Crippen LogP contribution is -2.55. The van der Waals surface area contributed by atoms with Gasteiger partial charge in [0.25, 0.3) is 0 Å². The van der Waals surface area contributed by atoms with Gasteiger partial charge in [0.1, 0.15) is 0 Å². The first-order valence-corrected chi connectivity index (χ1v) is 10.7. The molecule has 1 atom stereocenters. The first-order chi connectivity index (χ1) is 12.1. The summed E-state index contributed by atoms with van der Waals surface area (Å²) in [6.45, 7) is 4.29.